The number of fused-ring (bicyclic) bond motifs is 3. The van der Waals surface area contributed by atoms with Gasteiger partial charge in [-0.2, -0.15) is 10.1 Å². The van der Waals surface area contributed by atoms with E-state index in [-0.39, 0.29) is 0 Å². The molecular formula is C25H37N9OS. The lowest BCUT2D eigenvalue weighted by molar-refractivity contribution is -0.108. The molecule has 0 radical (unpaired) electrons. The van der Waals surface area contributed by atoms with Crippen LogP contribution in [0.4, 0.5) is 17.6 Å². The largest absolute Gasteiger partial charge is 0.377 e. The predicted molar refractivity (Wildman–Crippen MR) is 144 cm³/mol. The average Bonchev–Trinajstić information content (AvgIpc) is 3.49. The van der Waals surface area contributed by atoms with Crippen LogP contribution in [0.25, 0.3) is 10.2 Å². The van der Waals surface area contributed by atoms with E-state index in [4.69, 9.17) is 9.97 Å². The minimum Gasteiger partial charge on any atom is -0.377 e. The van der Waals surface area contributed by atoms with E-state index in [1.165, 1.54) is 6.42 Å². The highest BCUT2D eigenvalue weighted by molar-refractivity contribution is 7.16. The monoisotopic (exact) mass is 511 g/mol. The topological polar surface area (TPSA) is 108 Å². The Morgan fingerprint density at radius 2 is 1.94 bits per heavy atom. The molecule has 3 fully saturated rings. The normalized spacial score (nSPS) is 26.8. The number of nitrogens with zero attached hydrogens (tertiary/aromatic N) is 6. The molecule has 0 amide bonds. The number of hydrogen-bond donors (Lipinski definition) is 4. The van der Waals surface area contributed by atoms with Gasteiger partial charge in [-0.1, -0.05) is 6.42 Å². The van der Waals surface area contributed by atoms with Crippen molar-refractivity contribution in [2.45, 2.75) is 63.4 Å². The van der Waals surface area contributed by atoms with Crippen LogP contribution < -0.4 is 10.6 Å². The summed E-state index contributed by atoms with van der Waals surface area (Å²) in [4.78, 5) is 17.8. The molecule has 6 heterocycles. The zero-order valence-corrected chi connectivity index (χ0v) is 22.0. The summed E-state index contributed by atoms with van der Waals surface area (Å²) < 4.78 is 0. The number of piperazine rings is 1. The molecule has 2 unspecified atom stereocenters. The molecule has 10 nitrogen and oxygen atoms in total. The fraction of sp³-hybridized carbons (Fsp3) is 0.640. The summed E-state index contributed by atoms with van der Waals surface area (Å²) in [5, 5.41) is 28.6. The number of rotatable bonds is 7. The van der Waals surface area contributed by atoms with Crippen molar-refractivity contribution in [1.82, 2.24) is 34.9 Å². The maximum Gasteiger partial charge on any atom is 0.226 e. The molecule has 36 heavy (non-hydrogen) atoms. The average molecular weight is 512 g/mol. The van der Waals surface area contributed by atoms with Crippen molar-refractivity contribution in [3.8, 4) is 0 Å². The number of β-amino-alcohol motifs (C(OH)–C–C–N with tert-alkyl or cyclic N) is 1. The molecule has 0 spiro atoms. The van der Waals surface area contributed by atoms with Crippen molar-refractivity contribution in [2.24, 2.45) is 0 Å². The second-order valence-electron chi connectivity index (χ2n) is 10.7. The number of nitrogens with one attached hydrogen (secondary N) is 3. The van der Waals surface area contributed by atoms with Crippen molar-refractivity contribution < 1.29 is 5.11 Å². The van der Waals surface area contributed by atoms with Crippen LogP contribution in [-0.4, -0.2) is 104 Å². The molecular weight excluding hydrogens is 474 g/mol. The summed E-state index contributed by atoms with van der Waals surface area (Å²) in [5.74, 6) is 2.19. The summed E-state index contributed by atoms with van der Waals surface area (Å²) >= 11 is 1.62. The van der Waals surface area contributed by atoms with E-state index in [9.17, 15) is 5.11 Å². The van der Waals surface area contributed by atoms with Crippen LogP contribution in [0.15, 0.2) is 17.5 Å². The van der Waals surface area contributed by atoms with Crippen LogP contribution in [0, 0.1) is 6.92 Å². The Morgan fingerprint density at radius 3 is 2.67 bits per heavy atom. The van der Waals surface area contributed by atoms with Crippen molar-refractivity contribution >= 4 is 39.1 Å². The van der Waals surface area contributed by atoms with E-state index in [1.807, 2.05) is 13.0 Å². The van der Waals surface area contributed by atoms with E-state index in [1.54, 1.807) is 11.3 Å². The zero-order chi connectivity index (χ0) is 24.6. The van der Waals surface area contributed by atoms with Gasteiger partial charge in [-0.15, -0.1) is 11.3 Å². The van der Waals surface area contributed by atoms with Gasteiger partial charge in [0, 0.05) is 62.6 Å². The lowest BCUT2D eigenvalue weighted by Gasteiger charge is -2.51. The number of aromatic nitrogens is 4. The second kappa shape index (κ2) is 10.2. The lowest BCUT2D eigenvalue weighted by atomic mass is 9.81. The molecule has 194 valence electrons. The van der Waals surface area contributed by atoms with Crippen molar-refractivity contribution in [3.05, 3.63) is 23.2 Å². The van der Waals surface area contributed by atoms with Gasteiger partial charge in [0.05, 0.1) is 5.39 Å². The van der Waals surface area contributed by atoms with Gasteiger partial charge in [0.25, 0.3) is 0 Å². The first-order valence-electron chi connectivity index (χ1n) is 13.2. The molecule has 4 atom stereocenters. The summed E-state index contributed by atoms with van der Waals surface area (Å²) in [6.45, 7) is 6.97. The van der Waals surface area contributed by atoms with Crippen LogP contribution in [-0.2, 0) is 0 Å². The van der Waals surface area contributed by atoms with E-state index < -0.39 is 6.23 Å². The zero-order valence-electron chi connectivity index (χ0n) is 21.2. The third kappa shape index (κ3) is 5.08. The number of thiophene rings is 1. The van der Waals surface area contributed by atoms with Crippen molar-refractivity contribution in [1.29, 1.82) is 0 Å². The van der Waals surface area contributed by atoms with Gasteiger partial charge in [0.2, 0.25) is 5.95 Å². The highest BCUT2D eigenvalue weighted by atomic mass is 32.1. The Morgan fingerprint density at radius 1 is 1.17 bits per heavy atom. The van der Waals surface area contributed by atoms with Crippen molar-refractivity contribution in [3.63, 3.8) is 0 Å². The molecule has 6 rings (SSSR count). The number of aliphatic hydroxyl groups excluding tert-OH is 1. The first kappa shape index (κ1) is 24.1. The van der Waals surface area contributed by atoms with E-state index >= 15 is 0 Å². The number of aliphatic hydroxyl groups is 1. The van der Waals surface area contributed by atoms with Gasteiger partial charge in [-0.05, 0) is 51.1 Å². The maximum absolute atomic E-state index is 11.3. The molecule has 3 aromatic heterocycles. The Balaban J connectivity index is 1.14. The molecule has 0 saturated carbocycles. The molecule has 3 aliphatic heterocycles. The first-order valence-corrected chi connectivity index (χ1v) is 14.1. The highest BCUT2D eigenvalue weighted by Crippen LogP contribution is 2.37. The SMILES string of the molecule is Cc1cc(Nc2nc(NC3C[C@H]4CCC[C@@H](C3)N4C(O)CN3CCN(C)CC3)nc3sccc23)n[nH]1. The molecule has 11 heteroatoms. The standard InChI is InChI=1S/C25H37N9OS/c1-16-12-21(31-30-16)27-23-20-6-11-36-24(20)29-25(28-23)26-17-13-18-4-3-5-19(14-17)34(18)22(35)15-33-9-7-32(2)8-10-33/h6,11-12,17-19,22,35H,3-5,7-10,13-15H2,1-2H3,(H3,26,27,28,29,30,31)/t17?,18-,19+,22?. The number of piperidine rings is 2. The molecule has 3 aromatic rings. The van der Waals surface area contributed by atoms with Gasteiger partial charge in [0.1, 0.15) is 16.9 Å². The van der Waals surface area contributed by atoms with Gasteiger partial charge in [0.15, 0.2) is 5.82 Å². The molecule has 3 aliphatic rings. The third-order valence-electron chi connectivity index (χ3n) is 8.00. The lowest BCUT2D eigenvalue weighted by Crippen LogP contribution is -2.61. The smallest absolute Gasteiger partial charge is 0.226 e. The first-order chi connectivity index (χ1) is 17.5. The molecule has 3 saturated heterocycles. The number of hydrogen-bond acceptors (Lipinski definition) is 10. The summed E-state index contributed by atoms with van der Waals surface area (Å²) in [5.41, 5.74) is 1.000. The Kier molecular flexibility index (Phi) is 6.82. The number of H-pyrrole nitrogens is 1. The number of anilines is 3. The van der Waals surface area contributed by atoms with Gasteiger partial charge < -0.3 is 20.6 Å². The van der Waals surface area contributed by atoms with E-state index in [2.05, 4.69) is 54.0 Å². The third-order valence-corrected chi connectivity index (χ3v) is 8.81. The predicted octanol–water partition coefficient (Wildman–Crippen LogP) is 2.83. The van der Waals surface area contributed by atoms with Gasteiger partial charge in [-0.25, -0.2) is 4.98 Å². The Hall–Kier alpha value is -2.31. The maximum atomic E-state index is 11.3. The van der Waals surface area contributed by atoms with Crippen LogP contribution in [0.1, 0.15) is 37.8 Å². The summed E-state index contributed by atoms with van der Waals surface area (Å²) in [6.07, 6.45) is 5.15. The second-order valence-corrected chi connectivity index (χ2v) is 11.6. The summed E-state index contributed by atoms with van der Waals surface area (Å²) in [6, 6.07) is 5.11. The van der Waals surface area contributed by atoms with Gasteiger partial charge in [-0.3, -0.25) is 14.9 Å². The Labute approximate surface area is 216 Å². The quantitative estimate of drug-likeness (QED) is 0.381. The Bertz CT molecular complexity index is 1160. The molecule has 0 aromatic carbocycles. The van der Waals surface area contributed by atoms with E-state index in [0.717, 1.165) is 86.0 Å². The number of aromatic amines is 1. The minimum atomic E-state index is -0.392. The van der Waals surface area contributed by atoms with Crippen LogP contribution in [0.3, 0.4) is 0 Å². The molecule has 4 N–H and O–H groups in total. The van der Waals surface area contributed by atoms with Crippen LogP contribution in [0.5, 0.6) is 0 Å². The molecule has 2 bridgehead atoms. The van der Waals surface area contributed by atoms with Crippen LogP contribution >= 0.6 is 11.3 Å². The fourth-order valence-corrected chi connectivity index (χ4v) is 6.94. The van der Waals surface area contributed by atoms with E-state index in [0.29, 0.717) is 24.1 Å². The highest BCUT2D eigenvalue weighted by Gasteiger charge is 2.42. The van der Waals surface area contributed by atoms with Crippen molar-refractivity contribution in [2.75, 3.05) is 50.4 Å². The number of aryl methyl sites for hydroxylation is 1. The number of likely N-dealkylation sites (N-methyl/N-ethyl adjacent to an activating group) is 1. The van der Waals surface area contributed by atoms with Gasteiger partial charge >= 0.3 is 0 Å². The fourth-order valence-electron chi connectivity index (χ4n) is 6.18. The molecule has 0 aliphatic carbocycles. The van der Waals surface area contributed by atoms with Crippen LogP contribution in [0.2, 0.25) is 0 Å². The minimum absolute atomic E-state index is 0.297. The summed E-state index contributed by atoms with van der Waals surface area (Å²) in [7, 11) is 2.17.